The van der Waals surface area contributed by atoms with Crippen molar-refractivity contribution in [1.29, 1.82) is 0 Å². The van der Waals surface area contributed by atoms with Crippen LogP contribution in [-0.4, -0.2) is 21.1 Å². The van der Waals surface area contributed by atoms with Gasteiger partial charge >= 0.3 is 0 Å². The molecule has 0 fully saturated rings. The Bertz CT molecular complexity index is 709. The van der Waals surface area contributed by atoms with E-state index < -0.39 is 0 Å². The van der Waals surface area contributed by atoms with Gasteiger partial charge < -0.3 is 15.0 Å². The molecule has 2 aromatic heterocycles. The first kappa shape index (κ1) is 13.2. The Morgan fingerprint density at radius 3 is 2.81 bits per heavy atom. The van der Waals surface area contributed by atoms with E-state index in [1.54, 1.807) is 12.5 Å². The minimum Gasteiger partial charge on any atom is -0.492 e. The highest BCUT2D eigenvalue weighted by Gasteiger charge is 2.06. The number of pyridine rings is 1. The van der Waals surface area contributed by atoms with Crippen LogP contribution in [0.4, 0.5) is 5.82 Å². The molecule has 0 aliphatic rings. The molecule has 0 aliphatic carbocycles. The summed E-state index contributed by atoms with van der Waals surface area (Å²) >= 11 is 0. The fourth-order valence-electron chi connectivity index (χ4n) is 2.13. The zero-order valence-corrected chi connectivity index (χ0v) is 11.5. The molecule has 0 aliphatic heterocycles. The van der Waals surface area contributed by atoms with Gasteiger partial charge in [-0.05, 0) is 24.3 Å². The fraction of sp³-hybridized carbons (Fsp3) is 0.125. The van der Waals surface area contributed by atoms with Gasteiger partial charge in [0.1, 0.15) is 18.2 Å². The van der Waals surface area contributed by atoms with Gasteiger partial charge in [-0.2, -0.15) is 0 Å². The number of para-hydroxylation sites is 1. The average Bonchev–Trinajstić information content (AvgIpc) is 2.97. The predicted octanol–water partition coefficient (Wildman–Crippen LogP) is 2.61. The Labute approximate surface area is 123 Å². The van der Waals surface area contributed by atoms with E-state index in [4.69, 9.17) is 10.5 Å². The predicted molar refractivity (Wildman–Crippen MR) is 81.8 cm³/mol. The second kappa shape index (κ2) is 6.09. The number of ether oxygens (including phenoxy) is 1. The summed E-state index contributed by atoms with van der Waals surface area (Å²) in [6, 6.07) is 13.5. The molecule has 1 aromatic carbocycles. The lowest BCUT2D eigenvalue weighted by Crippen LogP contribution is -2.08. The monoisotopic (exact) mass is 280 g/mol. The van der Waals surface area contributed by atoms with Gasteiger partial charge in [0.2, 0.25) is 0 Å². The van der Waals surface area contributed by atoms with Gasteiger partial charge in [0.05, 0.1) is 24.8 Å². The van der Waals surface area contributed by atoms with Crippen molar-refractivity contribution in [3.8, 4) is 17.0 Å². The quantitative estimate of drug-likeness (QED) is 0.780. The summed E-state index contributed by atoms with van der Waals surface area (Å²) in [5.41, 5.74) is 7.73. The van der Waals surface area contributed by atoms with Crippen LogP contribution in [0.25, 0.3) is 11.3 Å². The average molecular weight is 280 g/mol. The van der Waals surface area contributed by atoms with E-state index in [9.17, 15) is 0 Å². The molecule has 21 heavy (non-hydrogen) atoms. The molecule has 106 valence electrons. The molecular formula is C16H16N4O. The molecule has 0 bridgehead atoms. The van der Waals surface area contributed by atoms with Crippen LogP contribution in [-0.2, 0) is 6.54 Å². The molecule has 2 N–H and O–H groups in total. The molecular weight excluding hydrogens is 264 g/mol. The van der Waals surface area contributed by atoms with E-state index in [1.807, 2.05) is 53.2 Å². The van der Waals surface area contributed by atoms with Gasteiger partial charge in [0.15, 0.2) is 0 Å². The first-order chi connectivity index (χ1) is 10.3. The lowest BCUT2D eigenvalue weighted by atomic mass is 10.2. The van der Waals surface area contributed by atoms with E-state index in [0.29, 0.717) is 19.0 Å². The van der Waals surface area contributed by atoms with Crippen LogP contribution in [0.2, 0.25) is 0 Å². The van der Waals surface area contributed by atoms with Crippen LogP contribution in [0.15, 0.2) is 61.2 Å². The minimum atomic E-state index is 0.501. The molecule has 0 unspecified atom stereocenters. The number of nitrogens with zero attached hydrogens (tertiary/aromatic N) is 3. The molecule has 3 rings (SSSR count). The number of nitrogen functional groups attached to an aromatic ring is 1. The van der Waals surface area contributed by atoms with Crippen LogP contribution < -0.4 is 10.5 Å². The van der Waals surface area contributed by atoms with Gasteiger partial charge in [-0.15, -0.1) is 0 Å². The maximum Gasteiger partial charge on any atom is 0.123 e. The van der Waals surface area contributed by atoms with Crippen molar-refractivity contribution in [3.05, 3.63) is 61.2 Å². The maximum atomic E-state index is 5.73. The third kappa shape index (κ3) is 3.20. The SMILES string of the molecule is Nc1cc(-c2cncn2CCOc2ccccc2)ccn1. The molecule has 5 nitrogen and oxygen atoms in total. The number of imidazole rings is 1. The first-order valence-electron chi connectivity index (χ1n) is 6.73. The van der Waals surface area contributed by atoms with Gasteiger partial charge in [0, 0.05) is 11.8 Å². The molecule has 0 saturated heterocycles. The lowest BCUT2D eigenvalue weighted by molar-refractivity contribution is 0.299. The Hall–Kier alpha value is -2.82. The topological polar surface area (TPSA) is 66.0 Å². The normalized spacial score (nSPS) is 10.5. The number of nitrogens with two attached hydrogens (primary N) is 1. The standard InChI is InChI=1S/C16H16N4O/c17-16-10-13(6-7-19-16)15-11-18-12-20(15)8-9-21-14-4-2-1-3-5-14/h1-7,10-12H,8-9H2,(H2,17,19). The van der Waals surface area contributed by atoms with Crippen molar-refractivity contribution in [2.45, 2.75) is 6.54 Å². The van der Waals surface area contributed by atoms with E-state index in [-0.39, 0.29) is 0 Å². The van der Waals surface area contributed by atoms with Gasteiger partial charge in [-0.3, -0.25) is 0 Å². The van der Waals surface area contributed by atoms with Crippen LogP contribution >= 0.6 is 0 Å². The largest absolute Gasteiger partial charge is 0.492 e. The van der Waals surface area contributed by atoms with Crippen molar-refractivity contribution < 1.29 is 4.74 Å². The van der Waals surface area contributed by atoms with Gasteiger partial charge in [-0.25, -0.2) is 9.97 Å². The van der Waals surface area contributed by atoms with Crippen LogP contribution in [0.3, 0.4) is 0 Å². The lowest BCUT2D eigenvalue weighted by Gasteiger charge is -2.10. The van der Waals surface area contributed by atoms with Crippen molar-refractivity contribution >= 4 is 5.82 Å². The van der Waals surface area contributed by atoms with E-state index in [1.165, 1.54) is 0 Å². The molecule has 0 radical (unpaired) electrons. The van der Waals surface area contributed by atoms with Crippen LogP contribution in [0, 0.1) is 0 Å². The molecule has 0 atom stereocenters. The number of hydrogen-bond acceptors (Lipinski definition) is 4. The summed E-state index contributed by atoms with van der Waals surface area (Å²) in [5.74, 6) is 1.37. The molecule has 5 heteroatoms. The summed E-state index contributed by atoms with van der Waals surface area (Å²) in [7, 11) is 0. The highest BCUT2D eigenvalue weighted by atomic mass is 16.5. The second-order valence-corrected chi connectivity index (χ2v) is 4.60. The fourth-order valence-corrected chi connectivity index (χ4v) is 2.13. The number of hydrogen-bond donors (Lipinski definition) is 1. The Morgan fingerprint density at radius 2 is 2.00 bits per heavy atom. The smallest absolute Gasteiger partial charge is 0.123 e. The first-order valence-corrected chi connectivity index (χ1v) is 6.73. The van der Waals surface area contributed by atoms with Crippen molar-refractivity contribution in [1.82, 2.24) is 14.5 Å². The molecule has 0 spiro atoms. The summed E-state index contributed by atoms with van der Waals surface area (Å²) in [6.07, 6.45) is 5.31. The summed E-state index contributed by atoms with van der Waals surface area (Å²) < 4.78 is 7.75. The number of benzene rings is 1. The molecule has 3 aromatic rings. The number of anilines is 1. The van der Waals surface area contributed by atoms with Gasteiger partial charge in [-0.1, -0.05) is 18.2 Å². The Kier molecular flexibility index (Phi) is 3.82. The molecule has 2 heterocycles. The van der Waals surface area contributed by atoms with E-state index >= 15 is 0 Å². The molecule has 0 saturated carbocycles. The molecule has 0 amide bonds. The van der Waals surface area contributed by atoms with Crippen molar-refractivity contribution in [2.75, 3.05) is 12.3 Å². The van der Waals surface area contributed by atoms with Crippen molar-refractivity contribution in [2.24, 2.45) is 0 Å². The van der Waals surface area contributed by atoms with Crippen molar-refractivity contribution in [3.63, 3.8) is 0 Å². The zero-order valence-electron chi connectivity index (χ0n) is 11.5. The number of rotatable bonds is 5. The summed E-state index contributed by atoms with van der Waals surface area (Å²) in [4.78, 5) is 8.20. The van der Waals surface area contributed by atoms with Crippen LogP contribution in [0.1, 0.15) is 0 Å². The Morgan fingerprint density at radius 1 is 1.14 bits per heavy atom. The summed E-state index contributed by atoms with van der Waals surface area (Å²) in [6.45, 7) is 1.29. The second-order valence-electron chi connectivity index (χ2n) is 4.60. The van der Waals surface area contributed by atoms with Crippen LogP contribution in [0.5, 0.6) is 5.75 Å². The highest BCUT2D eigenvalue weighted by Crippen LogP contribution is 2.20. The zero-order chi connectivity index (χ0) is 14.5. The maximum absolute atomic E-state index is 5.73. The highest BCUT2D eigenvalue weighted by molar-refractivity contribution is 5.61. The third-order valence-electron chi connectivity index (χ3n) is 3.13. The Balaban J connectivity index is 1.69. The summed E-state index contributed by atoms with van der Waals surface area (Å²) in [5, 5.41) is 0. The van der Waals surface area contributed by atoms with Gasteiger partial charge in [0.25, 0.3) is 0 Å². The number of aromatic nitrogens is 3. The minimum absolute atomic E-state index is 0.501. The third-order valence-corrected chi connectivity index (χ3v) is 3.13. The van der Waals surface area contributed by atoms with E-state index in [0.717, 1.165) is 17.0 Å². The van der Waals surface area contributed by atoms with E-state index in [2.05, 4.69) is 9.97 Å².